The first-order valence-corrected chi connectivity index (χ1v) is 7.95. The second kappa shape index (κ2) is 5.89. The van der Waals surface area contributed by atoms with E-state index < -0.39 is 0 Å². The number of thioether (sulfide) groups is 1. The number of para-hydroxylation sites is 1. The first kappa shape index (κ1) is 13.5. The van der Waals surface area contributed by atoms with Gasteiger partial charge in [0.1, 0.15) is 5.58 Å². The molecule has 1 aliphatic heterocycles. The zero-order valence-electron chi connectivity index (χ0n) is 11.1. The van der Waals surface area contributed by atoms with E-state index in [2.05, 4.69) is 5.32 Å². The molecule has 1 aromatic carbocycles. The fraction of sp³-hybridized carbons (Fsp3) is 0.400. The molecule has 1 atom stereocenters. The number of nitrogens with one attached hydrogen (secondary N) is 1. The van der Waals surface area contributed by atoms with Crippen molar-refractivity contribution in [3.8, 4) is 0 Å². The smallest absolute Gasteiger partial charge is 0.287 e. The average Bonchev–Trinajstić information content (AvgIpc) is 2.87. The molecule has 20 heavy (non-hydrogen) atoms. The molecule has 2 aromatic rings. The number of fused-ring (bicyclic) bond motifs is 1. The third kappa shape index (κ3) is 2.55. The monoisotopic (exact) mass is 291 g/mol. The molecular formula is C15H17NO3S. The molecule has 1 aromatic heterocycles. The highest BCUT2D eigenvalue weighted by atomic mass is 32.2. The minimum Gasteiger partial charge on any atom is -0.451 e. The van der Waals surface area contributed by atoms with Crippen LogP contribution in [0.15, 0.2) is 28.7 Å². The van der Waals surface area contributed by atoms with E-state index >= 15 is 0 Å². The number of aliphatic hydroxyl groups is 1. The molecule has 1 saturated heterocycles. The number of benzene rings is 1. The second-order valence-electron chi connectivity index (χ2n) is 4.95. The summed E-state index contributed by atoms with van der Waals surface area (Å²) in [5.74, 6) is 2.13. The number of hydrogen-bond acceptors (Lipinski definition) is 4. The van der Waals surface area contributed by atoms with Crippen LogP contribution in [0.2, 0.25) is 0 Å². The van der Waals surface area contributed by atoms with Crippen LogP contribution >= 0.6 is 11.8 Å². The summed E-state index contributed by atoms with van der Waals surface area (Å²) < 4.78 is 5.61. The SMILES string of the molecule is O=C(NC1CCCSC1)c1oc2ccccc2c1CO. The lowest BCUT2D eigenvalue weighted by Gasteiger charge is -2.22. The maximum Gasteiger partial charge on any atom is 0.287 e. The van der Waals surface area contributed by atoms with Crippen LogP contribution in [-0.2, 0) is 6.61 Å². The van der Waals surface area contributed by atoms with E-state index in [9.17, 15) is 9.90 Å². The number of aliphatic hydroxyl groups excluding tert-OH is 1. The molecule has 0 saturated carbocycles. The van der Waals surface area contributed by atoms with Crippen molar-refractivity contribution in [1.82, 2.24) is 5.32 Å². The minimum atomic E-state index is -0.224. The molecule has 1 fully saturated rings. The minimum absolute atomic E-state index is 0.195. The van der Waals surface area contributed by atoms with Gasteiger partial charge in [-0.25, -0.2) is 0 Å². The number of carbonyl (C=O) groups excluding carboxylic acids is 1. The molecule has 1 amide bonds. The van der Waals surface area contributed by atoms with Crippen LogP contribution in [-0.4, -0.2) is 28.6 Å². The lowest BCUT2D eigenvalue weighted by Crippen LogP contribution is -2.38. The Morgan fingerprint density at radius 2 is 2.30 bits per heavy atom. The molecule has 0 aliphatic carbocycles. The Balaban J connectivity index is 1.86. The lowest BCUT2D eigenvalue weighted by atomic mass is 10.1. The van der Waals surface area contributed by atoms with Gasteiger partial charge in [-0.1, -0.05) is 18.2 Å². The van der Waals surface area contributed by atoms with E-state index in [1.54, 1.807) is 0 Å². The Bertz CT molecular complexity index is 617. The maximum absolute atomic E-state index is 12.3. The van der Waals surface area contributed by atoms with Crippen molar-refractivity contribution in [2.75, 3.05) is 11.5 Å². The Morgan fingerprint density at radius 1 is 1.45 bits per heavy atom. The van der Waals surface area contributed by atoms with Crippen molar-refractivity contribution in [2.24, 2.45) is 0 Å². The summed E-state index contributed by atoms with van der Waals surface area (Å²) >= 11 is 1.86. The van der Waals surface area contributed by atoms with Crippen LogP contribution in [0, 0.1) is 0 Å². The molecule has 0 bridgehead atoms. The standard InChI is InChI=1S/C15H17NO3S/c17-8-12-11-5-1-2-6-13(11)19-14(12)15(18)16-10-4-3-7-20-9-10/h1-2,5-6,10,17H,3-4,7-9H2,(H,16,18). The van der Waals surface area contributed by atoms with Crippen molar-refractivity contribution in [3.63, 3.8) is 0 Å². The number of furan rings is 1. The Labute approximate surface area is 121 Å². The van der Waals surface area contributed by atoms with Crippen molar-refractivity contribution in [2.45, 2.75) is 25.5 Å². The van der Waals surface area contributed by atoms with Gasteiger partial charge in [-0.05, 0) is 24.7 Å². The van der Waals surface area contributed by atoms with Gasteiger partial charge < -0.3 is 14.8 Å². The predicted molar refractivity (Wildman–Crippen MR) is 80.0 cm³/mol. The number of amides is 1. The van der Waals surface area contributed by atoms with Crippen LogP contribution < -0.4 is 5.32 Å². The van der Waals surface area contributed by atoms with E-state index in [0.29, 0.717) is 11.1 Å². The van der Waals surface area contributed by atoms with Gasteiger partial charge in [0.25, 0.3) is 5.91 Å². The number of hydrogen-bond donors (Lipinski definition) is 2. The van der Waals surface area contributed by atoms with E-state index in [1.807, 2.05) is 36.0 Å². The van der Waals surface area contributed by atoms with Crippen molar-refractivity contribution >= 4 is 28.6 Å². The second-order valence-corrected chi connectivity index (χ2v) is 6.10. The summed E-state index contributed by atoms with van der Waals surface area (Å²) in [6, 6.07) is 7.59. The average molecular weight is 291 g/mol. The third-order valence-electron chi connectivity index (χ3n) is 3.56. The lowest BCUT2D eigenvalue weighted by molar-refractivity contribution is 0.0908. The molecule has 0 spiro atoms. The highest BCUT2D eigenvalue weighted by Crippen LogP contribution is 2.26. The highest BCUT2D eigenvalue weighted by molar-refractivity contribution is 7.99. The highest BCUT2D eigenvalue weighted by Gasteiger charge is 2.23. The summed E-state index contributed by atoms with van der Waals surface area (Å²) in [4.78, 5) is 12.3. The summed E-state index contributed by atoms with van der Waals surface area (Å²) in [7, 11) is 0. The zero-order chi connectivity index (χ0) is 13.9. The Kier molecular flexibility index (Phi) is 3.98. The van der Waals surface area contributed by atoms with Crippen LogP contribution in [0.25, 0.3) is 11.0 Å². The van der Waals surface area contributed by atoms with Crippen molar-refractivity contribution < 1.29 is 14.3 Å². The number of carbonyl (C=O) groups is 1. The molecule has 0 radical (unpaired) electrons. The van der Waals surface area contributed by atoms with Gasteiger partial charge in [0.15, 0.2) is 5.76 Å². The van der Waals surface area contributed by atoms with Crippen LogP contribution in [0.1, 0.15) is 29.0 Å². The molecular weight excluding hydrogens is 274 g/mol. The van der Waals surface area contributed by atoms with Crippen molar-refractivity contribution in [3.05, 3.63) is 35.6 Å². The van der Waals surface area contributed by atoms with Gasteiger partial charge in [0, 0.05) is 22.7 Å². The van der Waals surface area contributed by atoms with Crippen molar-refractivity contribution in [1.29, 1.82) is 0 Å². The Morgan fingerprint density at radius 3 is 3.05 bits per heavy atom. The molecule has 1 aliphatic rings. The van der Waals surface area contributed by atoms with E-state index in [-0.39, 0.29) is 24.3 Å². The Hall–Kier alpha value is -1.46. The molecule has 106 valence electrons. The van der Waals surface area contributed by atoms with E-state index in [0.717, 1.165) is 24.0 Å². The first-order chi connectivity index (χ1) is 9.79. The molecule has 4 nitrogen and oxygen atoms in total. The van der Waals surface area contributed by atoms with Gasteiger partial charge in [-0.15, -0.1) is 0 Å². The molecule has 2 heterocycles. The molecule has 3 rings (SSSR count). The van der Waals surface area contributed by atoms with Gasteiger partial charge in [0.05, 0.1) is 6.61 Å². The molecule has 2 N–H and O–H groups in total. The zero-order valence-corrected chi connectivity index (χ0v) is 11.9. The third-order valence-corrected chi connectivity index (χ3v) is 4.77. The first-order valence-electron chi connectivity index (χ1n) is 6.79. The summed E-state index contributed by atoms with van der Waals surface area (Å²) in [6.07, 6.45) is 2.13. The quantitative estimate of drug-likeness (QED) is 0.912. The van der Waals surface area contributed by atoms with Crippen LogP contribution in [0.5, 0.6) is 0 Å². The summed E-state index contributed by atoms with van der Waals surface area (Å²) in [5.41, 5.74) is 1.21. The maximum atomic E-state index is 12.3. The van der Waals surface area contributed by atoms with Gasteiger partial charge in [-0.2, -0.15) is 11.8 Å². The molecule has 1 unspecified atom stereocenters. The van der Waals surface area contributed by atoms with Crippen LogP contribution in [0.4, 0.5) is 0 Å². The van der Waals surface area contributed by atoms with Crippen LogP contribution in [0.3, 0.4) is 0 Å². The van der Waals surface area contributed by atoms with E-state index in [1.165, 1.54) is 5.75 Å². The van der Waals surface area contributed by atoms with Gasteiger partial charge in [-0.3, -0.25) is 4.79 Å². The predicted octanol–water partition coefficient (Wildman–Crippen LogP) is 2.55. The normalized spacial score (nSPS) is 19.1. The summed E-state index contributed by atoms with van der Waals surface area (Å²) in [6.45, 7) is -0.195. The largest absolute Gasteiger partial charge is 0.451 e. The van der Waals surface area contributed by atoms with E-state index in [4.69, 9.17) is 4.42 Å². The fourth-order valence-electron chi connectivity index (χ4n) is 2.54. The summed E-state index contributed by atoms with van der Waals surface area (Å²) in [5, 5.41) is 13.3. The number of rotatable bonds is 3. The van der Waals surface area contributed by atoms with Gasteiger partial charge >= 0.3 is 0 Å². The van der Waals surface area contributed by atoms with Gasteiger partial charge in [0.2, 0.25) is 0 Å². The fourth-order valence-corrected chi connectivity index (χ4v) is 3.62. The topological polar surface area (TPSA) is 62.5 Å². The molecule has 5 heteroatoms.